The number of aryl methyl sites for hydroxylation is 2. The summed E-state index contributed by atoms with van der Waals surface area (Å²) in [6.45, 7) is 8.98. The van der Waals surface area contributed by atoms with Crippen molar-refractivity contribution in [1.82, 2.24) is 19.9 Å². The Kier molecular flexibility index (Phi) is 17.7. The molecule has 0 unspecified atom stereocenters. The summed E-state index contributed by atoms with van der Waals surface area (Å²) in [5.74, 6) is 2.08. The minimum Gasteiger partial charge on any atom is -0.850 e. The summed E-state index contributed by atoms with van der Waals surface area (Å²) in [6, 6.07) is 15.9. The predicted molar refractivity (Wildman–Crippen MR) is 158 cm³/mol. The first-order valence-corrected chi connectivity index (χ1v) is 12.3. The maximum absolute atomic E-state index is 10.1. The molecule has 0 amide bonds. The van der Waals surface area contributed by atoms with Crippen molar-refractivity contribution in [2.45, 2.75) is 40.2 Å². The van der Waals surface area contributed by atoms with E-state index in [-0.39, 0.29) is 29.6 Å². The van der Waals surface area contributed by atoms with Crippen LogP contribution in [-0.2, 0) is 0 Å². The smallest absolute Gasteiger partial charge is 0.850 e. The van der Waals surface area contributed by atoms with Crippen molar-refractivity contribution >= 4 is 40.4 Å². The van der Waals surface area contributed by atoms with Crippen LogP contribution in [0.5, 0.6) is 0 Å². The molecule has 0 aliphatic heterocycles. The Balaban J connectivity index is 0.000000538. The molecule has 2 heterocycles. The normalized spacial score (nSPS) is 9.56. The average molecular weight is 561 g/mol. The standard InChI is InChI=1S/C12H14N4.C7H9N.C5H6ClN3.C4H9O.Na/c1-9-4-3-5-10(8-9)16-12-11(13-2)14-6-7-15-12;1-6-3-2-4-7(8)5-6;1-7-5-4(6)8-2-3-9-5;1-4(2,3)5;/h3-8H,1-2H3,(H,13,14)(H,15,16);2-5H,8H2,1H3;2-3H,1H3,(H,7,9);1-3H3;/q;;;-1;+1. The number of halogens is 1. The second-order valence-corrected chi connectivity index (χ2v) is 9.33. The van der Waals surface area contributed by atoms with Crippen LogP contribution in [0.1, 0.15) is 31.9 Å². The van der Waals surface area contributed by atoms with E-state index in [4.69, 9.17) is 17.3 Å². The number of benzene rings is 2. The van der Waals surface area contributed by atoms with E-state index in [2.05, 4.69) is 54.9 Å². The number of hydrogen-bond donors (Lipinski definition) is 4. The van der Waals surface area contributed by atoms with Crippen LogP contribution in [-0.4, -0.2) is 39.6 Å². The largest absolute Gasteiger partial charge is 1.00 e. The summed E-state index contributed by atoms with van der Waals surface area (Å²) in [6.07, 6.45) is 6.45. The number of anilines is 5. The van der Waals surface area contributed by atoms with Gasteiger partial charge in [-0.15, -0.1) is 5.60 Å². The van der Waals surface area contributed by atoms with Gasteiger partial charge in [-0.3, -0.25) is 0 Å². The molecule has 0 spiro atoms. The Bertz CT molecular complexity index is 1210. The Labute approximate surface area is 259 Å². The molecule has 4 rings (SSSR count). The Morgan fingerprint density at radius 3 is 1.62 bits per heavy atom. The van der Waals surface area contributed by atoms with E-state index in [0.29, 0.717) is 11.0 Å². The molecule has 204 valence electrons. The topological polar surface area (TPSA) is 137 Å². The molecule has 0 fully saturated rings. The van der Waals surface area contributed by atoms with Crippen molar-refractivity contribution in [2.24, 2.45) is 0 Å². The summed E-state index contributed by atoms with van der Waals surface area (Å²) in [5.41, 5.74) is 8.98. The van der Waals surface area contributed by atoms with Crippen LogP contribution in [0.15, 0.2) is 73.3 Å². The summed E-state index contributed by atoms with van der Waals surface area (Å²) < 4.78 is 0. The minimum atomic E-state index is -0.750. The molecule has 39 heavy (non-hydrogen) atoms. The molecule has 0 aliphatic carbocycles. The SMILES string of the molecule is CC(C)(C)[O-].CNc1nccnc1Cl.CNc1nccnc1Nc1cccc(C)c1.Cc1cccc(N)c1.[Na+]. The molecule has 2 aromatic carbocycles. The maximum atomic E-state index is 10.1. The zero-order chi connectivity index (χ0) is 28.6. The van der Waals surface area contributed by atoms with Gasteiger partial charge in [-0.1, -0.05) is 56.6 Å². The summed E-state index contributed by atoms with van der Waals surface area (Å²) in [5, 5.41) is 19.5. The fraction of sp³-hybridized carbons (Fsp3) is 0.286. The first kappa shape index (κ1) is 36.0. The second kappa shape index (κ2) is 19.2. The first-order valence-electron chi connectivity index (χ1n) is 11.9. The third kappa shape index (κ3) is 17.3. The van der Waals surface area contributed by atoms with Crippen LogP contribution in [0.2, 0.25) is 5.15 Å². The third-order valence-corrected chi connectivity index (χ3v) is 4.42. The molecule has 0 atom stereocenters. The second-order valence-electron chi connectivity index (χ2n) is 8.97. The number of rotatable bonds is 4. The minimum absolute atomic E-state index is 0. The molecule has 0 saturated carbocycles. The monoisotopic (exact) mass is 560 g/mol. The van der Waals surface area contributed by atoms with Crippen LogP contribution in [0.3, 0.4) is 0 Å². The van der Waals surface area contributed by atoms with Gasteiger partial charge in [0.05, 0.1) is 0 Å². The van der Waals surface area contributed by atoms with Gasteiger partial charge in [0.2, 0.25) is 0 Å². The van der Waals surface area contributed by atoms with Gasteiger partial charge >= 0.3 is 29.6 Å². The molecule has 0 radical (unpaired) electrons. The van der Waals surface area contributed by atoms with E-state index >= 15 is 0 Å². The maximum Gasteiger partial charge on any atom is 1.00 e. The van der Waals surface area contributed by atoms with Crippen molar-refractivity contribution in [3.63, 3.8) is 0 Å². The summed E-state index contributed by atoms with van der Waals surface area (Å²) in [4.78, 5) is 16.1. The van der Waals surface area contributed by atoms with E-state index in [1.54, 1.807) is 52.6 Å². The van der Waals surface area contributed by atoms with Gasteiger partial charge in [-0.05, 0) is 49.2 Å². The molecular weight excluding hydrogens is 523 g/mol. The Hall–Kier alpha value is -2.95. The Morgan fingerprint density at radius 2 is 1.21 bits per heavy atom. The number of nitrogen functional groups attached to an aromatic ring is 1. The van der Waals surface area contributed by atoms with Gasteiger partial charge in [0, 0.05) is 50.3 Å². The van der Waals surface area contributed by atoms with Crippen LogP contribution in [0, 0.1) is 13.8 Å². The van der Waals surface area contributed by atoms with Crippen molar-refractivity contribution in [3.05, 3.63) is 89.6 Å². The molecule has 9 nitrogen and oxygen atoms in total. The van der Waals surface area contributed by atoms with Crippen molar-refractivity contribution in [1.29, 1.82) is 0 Å². The molecule has 0 saturated heterocycles. The van der Waals surface area contributed by atoms with Crippen molar-refractivity contribution in [3.8, 4) is 0 Å². The molecule has 0 aliphatic rings. The summed E-state index contributed by atoms with van der Waals surface area (Å²) in [7, 11) is 3.57. The fourth-order valence-electron chi connectivity index (χ4n) is 2.63. The molecular formula is C28H38ClN8NaO. The number of nitrogens with two attached hydrogens (primary N) is 1. The van der Waals surface area contributed by atoms with Gasteiger partial charge in [0.1, 0.15) is 0 Å². The van der Waals surface area contributed by atoms with Crippen LogP contribution in [0.4, 0.5) is 28.8 Å². The van der Waals surface area contributed by atoms with Gasteiger partial charge in [0.25, 0.3) is 0 Å². The number of nitrogens with zero attached hydrogens (tertiary/aromatic N) is 4. The van der Waals surface area contributed by atoms with Crippen LogP contribution >= 0.6 is 11.6 Å². The first-order chi connectivity index (χ1) is 17.9. The van der Waals surface area contributed by atoms with E-state index in [9.17, 15) is 5.11 Å². The molecule has 4 aromatic rings. The molecule has 5 N–H and O–H groups in total. The van der Waals surface area contributed by atoms with Crippen LogP contribution < -0.4 is 56.3 Å². The van der Waals surface area contributed by atoms with Gasteiger partial charge in [-0.2, -0.15) is 0 Å². The van der Waals surface area contributed by atoms with Gasteiger partial charge in [0.15, 0.2) is 22.6 Å². The number of hydrogen-bond acceptors (Lipinski definition) is 9. The predicted octanol–water partition coefficient (Wildman–Crippen LogP) is 2.47. The Morgan fingerprint density at radius 1 is 0.744 bits per heavy atom. The summed E-state index contributed by atoms with van der Waals surface area (Å²) >= 11 is 5.59. The van der Waals surface area contributed by atoms with Gasteiger partial charge in [-0.25, -0.2) is 19.9 Å². The molecule has 2 aromatic heterocycles. The quantitative estimate of drug-likeness (QED) is 0.219. The molecule has 0 bridgehead atoms. The van der Waals surface area contributed by atoms with E-state index < -0.39 is 5.60 Å². The van der Waals surface area contributed by atoms with E-state index in [1.165, 1.54) is 11.1 Å². The van der Waals surface area contributed by atoms with Crippen LogP contribution in [0.25, 0.3) is 0 Å². The van der Waals surface area contributed by atoms with Gasteiger partial charge < -0.3 is 26.8 Å². The van der Waals surface area contributed by atoms with E-state index in [0.717, 1.165) is 23.0 Å². The number of aromatic nitrogens is 4. The fourth-order valence-corrected chi connectivity index (χ4v) is 2.83. The van der Waals surface area contributed by atoms with Crippen molar-refractivity contribution in [2.75, 3.05) is 35.8 Å². The van der Waals surface area contributed by atoms with E-state index in [1.807, 2.05) is 50.4 Å². The average Bonchev–Trinajstić information content (AvgIpc) is 2.84. The van der Waals surface area contributed by atoms with Crippen molar-refractivity contribution < 1.29 is 34.7 Å². The zero-order valence-corrected chi connectivity index (χ0v) is 26.8. The number of nitrogens with one attached hydrogen (secondary N) is 3. The third-order valence-electron chi connectivity index (χ3n) is 4.15. The molecule has 11 heteroatoms. The zero-order valence-electron chi connectivity index (χ0n) is 24.1.